The van der Waals surface area contributed by atoms with Gasteiger partial charge in [-0.15, -0.1) is 0 Å². The molecule has 4 heterocycles. The molecule has 0 bridgehead atoms. The number of nitrogens with one attached hydrogen (secondary N) is 2. The lowest BCUT2D eigenvalue weighted by molar-refractivity contribution is -0.122. The molecule has 2 aromatic rings. The van der Waals surface area contributed by atoms with Gasteiger partial charge < -0.3 is 10.2 Å². The van der Waals surface area contributed by atoms with Gasteiger partial charge in [0.2, 0.25) is 5.91 Å². The van der Waals surface area contributed by atoms with Crippen LogP contribution < -0.4 is 15.5 Å². The number of halogens is 2. The summed E-state index contributed by atoms with van der Waals surface area (Å²) in [6.07, 6.45) is 3.57. The molecular formula is C20H24F2N6O2. The summed E-state index contributed by atoms with van der Waals surface area (Å²) in [6.45, 7) is 4.16. The first-order valence-electron chi connectivity index (χ1n) is 10.3. The molecule has 5 rings (SSSR count). The largest absolute Gasteiger partial charge is 0.362 e. The molecule has 2 aromatic heterocycles. The van der Waals surface area contributed by atoms with Gasteiger partial charge in [0.15, 0.2) is 5.65 Å². The van der Waals surface area contributed by atoms with Crippen molar-refractivity contribution < 1.29 is 18.4 Å². The van der Waals surface area contributed by atoms with Crippen LogP contribution in [-0.2, 0) is 11.2 Å². The highest BCUT2D eigenvalue weighted by atomic mass is 19.3. The first-order chi connectivity index (χ1) is 14.2. The van der Waals surface area contributed by atoms with Crippen molar-refractivity contribution in [2.24, 2.45) is 11.3 Å². The number of anilines is 1. The van der Waals surface area contributed by atoms with E-state index in [0.717, 1.165) is 12.1 Å². The second kappa shape index (κ2) is 6.36. The Morgan fingerprint density at radius 2 is 2.03 bits per heavy atom. The molecule has 1 aliphatic carbocycles. The van der Waals surface area contributed by atoms with E-state index in [1.807, 2.05) is 0 Å². The van der Waals surface area contributed by atoms with Crippen LogP contribution in [0.5, 0.6) is 0 Å². The van der Waals surface area contributed by atoms with Gasteiger partial charge in [0.25, 0.3) is 5.92 Å². The van der Waals surface area contributed by atoms with E-state index in [4.69, 9.17) is 0 Å². The third-order valence-electron chi connectivity index (χ3n) is 6.32. The van der Waals surface area contributed by atoms with E-state index in [1.165, 1.54) is 0 Å². The van der Waals surface area contributed by atoms with Gasteiger partial charge in [0.05, 0.1) is 41.1 Å². The van der Waals surface area contributed by atoms with Crippen LogP contribution in [-0.4, -0.2) is 52.1 Å². The topological polar surface area (TPSA) is 91.6 Å². The van der Waals surface area contributed by atoms with Gasteiger partial charge in [-0.3, -0.25) is 10.1 Å². The van der Waals surface area contributed by atoms with Crippen LogP contribution in [0.3, 0.4) is 0 Å². The molecular weight excluding hydrogens is 394 g/mol. The third-order valence-corrected chi connectivity index (χ3v) is 6.32. The first kappa shape index (κ1) is 19.2. The van der Waals surface area contributed by atoms with Crippen LogP contribution in [0, 0.1) is 11.3 Å². The number of nitrogens with zero attached hydrogens (tertiary/aromatic N) is 4. The first-order valence-corrected chi connectivity index (χ1v) is 10.3. The maximum absolute atomic E-state index is 14.7. The highest BCUT2D eigenvalue weighted by Crippen LogP contribution is 2.61. The van der Waals surface area contributed by atoms with Crippen molar-refractivity contribution in [3.8, 4) is 0 Å². The molecule has 2 aliphatic heterocycles. The van der Waals surface area contributed by atoms with Crippen molar-refractivity contribution in [2.75, 3.05) is 24.5 Å². The zero-order chi connectivity index (χ0) is 21.3. The van der Waals surface area contributed by atoms with E-state index in [1.54, 1.807) is 21.7 Å². The summed E-state index contributed by atoms with van der Waals surface area (Å²) in [5, 5.41) is 9.39. The number of alkyl halides is 2. The zero-order valence-electron chi connectivity index (χ0n) is 16.9. The molecule has 10 heteroatoms. The number of rotatable bonds is 4. The molecule has 3 fully saturated rings. The molecule has 3 aliphatic rings. The zero-order valence-corrected chi connectivity index (χ0v) is 16.9. The number of aromatic nitrogens is 3. The number of amides is 3. The number of hydrogen-bond acceptors (Lipinski definition) is 5. The number of imide groups is 1. The average Bonchev–Trinajstić information content (AvgIpc) is 3.25. The number of carbonyl (C=O) groups excluding carboxylic acids is 2. The van der Waals surface area contributed by atoms with Gasteiger partial charge in [-0.05, 0) is 31.2 Å². The van der Waals surface area contributed by atoms with Crippen molar-refractivity contribution >= 4 is 23.3 Å². The van der Waals surface area contributed by atoms with Crippen molar-refractivity contribution in [1.82, 2.24) is 25.2 Å². The molecule has 2 saturated heterocycles. The highest BCUT2D eigenvalue weighted by molar-refractivity contribution is 6.00. The van der Waals surface area contributed by atoms with Crippen LogP contribution in [0.15, 0.2) is 12.3 Å². The SMILES string of the molecule is CC(C)Cc1cn2nc(C3CNC(=O)NC3=O)cc(N3CC(F)(F)C4(CC4)C3)c2n1. The van der Waals surface area contributed by atoms with Crippen molar-refractivity contribution in [3.05, 3.63) is 23.7 Å². The van der Waals surface area contributed by atoms with E-state index in [9.17, 15) is 18.4 Å². The molecule has 0 radical (unpaired) electrons. The number of carbonyl (C=O) groups is 2. The van der Waals surface area contributed by atoms with Crippen LogP contribution in [0.2, 0.25) is 0 Å². The Hall–Kier alpha value is -2.78. The van der Waals surface area contributed by atoms with Gasteiger partial charge in [0.1, 0.15) is 0 Å². The van der Waals surface area contributed by atoms with E-state index in [2.05, 4.69) is 34.6 Å². The third kappa shape index (κ3) is 3.00. The summed E-state index contributed by atoms with van der Waals surface area (Å²) in [6, 6.07) is 1.13. The van der Waals surface area contributed by atoms with Gasteiger partial charge in [-0.2, -0.15) is 5.10 Å². The second-order valence-electron chi connectivity index (χ2n) is 9.15. The molecule has 8 nitrogen and oxygen atoms in total. The Balaban J connectivity index is 1.59. The summed E-state index contributed by atoms with van der Waals surface area (Å²) < 4.78 is 30.9. The predicted octanol–water partition coefficient (Wildman–Crippen LogP) is 2.09. The standard InChI is InChI=1S/C20H24F2N6O2/c1-11(2)5-12-8-28-16(24-12)15(27-9-19(3-4-19)20(21,22)10-27)6-14(26-28)13-7-23-18(30)25-17(13)29/h6,8,11,13H,3-5,7,9-10H2,1-2H3,(H2,23,25,29,30). The van der Waals surface area contributed by atoms with Gasteiger partial charge in [0, 0.05) is 13.1 Å². The lowest BCUT2D eigenvalue weighted by Gasteiger charge is -2.24. The van der Waals surface area contributed by atoms with E-state index < -0.39 is 29.2 Å². The molecule has 30 heavy (non-hydrogen) atoms. The highest BCUT2D eigenvalue weighted by Gasteiger charge is 2.67. The smallest absolute Gasteiger partial charge is 0.321 e. The minimum absolute atomic E-state index is 0.107. The number of urea groups is 1. The lowest BCUT2D eigenvalue weighted by atomic mass is 10.0. The summed E-state index contributed by atoms with van der Waals surface area (Å²) in [5.74, 6) is -3.52. The molecule has 1 unspecified atom stereocenters. The molecule has 160 valence electrons. The van der Waals surface area contributed by atoms with Crippen LogP contribution >= 0.6 is 0 Å². The normalized spacial score (nSPS) is 24.6. The fourth-order valence-corrected chi connectivity index (χ4v) is 4.51. The second-order valence-corrected chi connectivity index (χ2v) is 9.15. The van der Waals surface area contributed by atoms with E-state index in [0.29, 0.717) is 35.8 Å². The fraction of sp³-hybridized carbons (Fsp3) is 0.600. The number of hydrogen-bond donors (Lipinski definition) is 2. The molecule has 2 N–H and O–H groups in total. The van der Waals surface area contributed by atoms with E-state index >= 15 is 0 Å². The van der Waals surface area contributed by atoms with Gasteiger partial charge in [-0.25, -0.2) is 23.1 Å². The van der Waals surface area contributed by atoms with Gasteiger partial charge >= 0.3 is 6.03 Å². The summed E-state index contributed by atoms with van der Waals surface area (Å²) in [7, 11) is 0. The van der Waals surface area contributed by atoms with E-state index in [-0.39, 0.29) is 19.6 Å². The predicted molar refractivity (Wildman–Crippen MR) is 105 cm³/mol. The van der Waals surface area contributed by atoms with Crippen LogP contribution in [0.1, 0.15) is 44.0 Å². The fourth-order valence-electron chi connectivity index (χ4n) is 4.51. The summed E-state index contributed by atoms with van der Waals surface area (Å²) in [5.41, 5.74) is 1.37. The van der Waals surface area contributed by atoms with Gasteiger partial charge in [-0.1, -0.05) is 13.8 Å². The summed E-state index contributed by atoms with van der Waals surface area (Å²) in [4.78, 5) is 30.1. The monoisotopic (exact) mass is 418 g/mol. The molecule has 1 spiro atoms. The Labute approximate surface area is 172 Å². The molecule has 1 saturated carbocycles. The molecule has 3 amide bonds. The Morgan fingerprint density at radius 3 is 2.67 bits per heavy atom. The Morgan fingerprint density at radius 1 is 1.27 bits per heavy atom. The number of fused-ring (bicyclic) bond motifs is 1. The number of imidazole rings is 1. The van der Waals surface area contributed by atoms with Crippen molar-refractivity contribution in [3.63, 3.8) is 0 Å². The minimum atomic E-state index is -2.75. The van der Waals surface area contributed by atoms with Crippen molar-refractivity contribution in [1.29, 1.82) is 0 Å². The van der Waals surface area contributed by atoms with Crippen molar-refractivity contribution in [2.45, 2.75) is 45.0 Å². The van der Waals surface area contributed by atoms with Crippen LogP contribution in [0.4, 0.5) is 19.3 Å². The lowest BCUT2D eigenvalue weighted by Crippen LogP contribution is -2.51. The molecule has 1 atom stereocenters. The Bertz CT molecular complexity index is 1040. The molecule has 0 aromatic carbocycles. The quantitative estimate of drug-likeness (QED) is 0.793. The Kier molecular flexibility index (Phi) is 4.07. The maximum Gasteiger partial charge on any atom is 0.321 e. The minimum Gasteiger partial charge on any atom is -0.362 e. The van der Waals surface area contributed by atoms with Crippen LogP contribution in [0.25, 0.3) is 5.65 Å². The maximum atomic E-state index is 14.7. The average molecular weight is 418 g/mol. The summed E-state index contributed by atoms with van der Waals surface area (Å²) >= 11 is 0.